The molecular formula is C19H28FN3O3S. The fourth-order valence-electron chi connectivity index (χ4n) is 4.09. The number of hydrogen-bond donors (Lipinski definition) is 0. The molecule has 27 heavy (non-hydrogen) atoms. The molecule has 8 heteroatoms. The molecule has 0 N–H and O–H groups in total. The minimum Gasteiger partial charge on any atom is -0.337 e. The van der Waals surface area contributed by atoms with Crippen molar-refractivity contribution < 1.29 is 17.6 Å². The maximum atomic E-state index is 13.9. The molecular weight excluding hydrogens is 369 g/mol. The van der Waals surface area contributed by atoms with E-state index in [1.54, 1.807) is 21.3 Å². The van der Waals surface area contributed by atoms with E-state index in [0.717, 1.165) is 6.42 Å². The van der Waals surface area contributed by atoms with Crippen LogP contribution in [-0.2, 0) is 10.2 Å². The molecule has 2 saturated heterocycles. The molecule has 1 aromatic carbocycles. The van der Waals surface area contributed by atoms with E-state index in [-0.39, 0.29) is 24.6 Å². The minimum atomic E-state index is -3.54. The van der Waals surface area contributed by atoms with E-state index in [1.165, 1.54) is 16.4 Å². The van der Waals surface area contributed by atoms with Crippen molar-refractivity contribution in [2.24, 2.45) is 11.8 Å². The predicted octanol–water partition coefficient (Wildman–Crippen LogP) is 2.20. The summed E-state index contributed by atoms with van der Waals surface area (Å²) < 4.78 is 43.1. The Hall–Kier alpha value is -1.51. The first kappa shape index (κ1) is 20.2. The van der Waals surface area contributed by atoms with Crippen molar-refractivity contribution in [1.29, 1.82) is 0 Å². The van der Waals surface area contributed by atoms with Gasteiger partial charge in [-0.25, -0.2) is 4.39 Å². The van der Waals surface area contributed by atoms with E-state index in [2.05, 4.69) is 13.8 Å². The van der Waals surface area contributed by atoms with Crippen molar-refractivity contribution >= 4 is 16.1 Å². The molecule has 1 amide bonds. The minimum absolute atomic E-state index is 0.0347. The highest BCUT2D eigenvalue weighted by molar-refractivity contribution is 7.86. The summed E-state index contributed by atoms with van der Waals surface area (Å²) in [7, 11) is -3.54. The zero-order chi connectivity index (χ0) is 19.6. The van der Waals surface area contributed by atoms with Crippen LogP contribution >= 0.6 is 0 Å². The number of halogens is 1. The van der Waals surface area contributed by atoms with Gasteiger partial charge >= 0.3 is 0 Å². The molecule has 2 unspecified atom stereocenters. The molecule has 1 aromatic rings. The molecule has 2 aliphatic heterocycles. The summed E-state index contributed by atoms with van der Waals surface area (Å²) in [6.07, 6.45) is 1.58. The molecule has 0 bridgehead atoms. The van der Waals surface area contributed by atoms with Gasteiger partial charge in [-0.05, 0) is 36.8 Å². The van der Waals surface area contributed by atoms with Crippen molar-refractivity contribution in [1.82, 2.24) is 13.5 Å². The normalized spacial score (nSPS) is 26.0. The summed E-state index contributed by atoms with van der Waals surface area (Å²) in [4.78, 5) is 14.2. The zero-order valence-electron chi connectivity index (χ0n) is 16.0. The fraction of sp³-hybridized carbons (Fsp3) is 0.632. The largest absolute Gasteiger partial charge is 0.337 e. The van der Waals surface area contributed by atoms with Crippen LogP contribution in [0.15, 0.2) is 24.3 Å². The third kappa shape index (κ3) is 4.50. The van der Waals surface area contributed by atoms with Crippen LogP contribution in [-0.4, -0.2) is 67.1 Å². The molecule has 3 rings (SSSR count). The lowest BCUT2D eigenvalue weighted by molar-refractivity contribution is 0.0759. The molecule has 2 aliphatic rings. The van der Waals surface area contributed by atoms with Crippen molar-refractivity contribution in [2.45, 2.75) is 26.7 Å². The van der Waals surface area contributed by atoms with Crippen LogP contribution in [0.25, 0.3) is 0 Å². The van der Waals surface area contributed by atoms with Gasteiger partial charge in [0, 0.05) is 39.3 Å². The molecule has 150 valence electrons. The highest BCUT2D eigenvalue weighted by Gasteiger charge is 2.36. The van der Waals surface area contributed by atoms with E-state index >= 15 is 0 Å². The molecule has 2 heterocycles. The zero-order valence-corrected chi connectivity index (χ0v) is 16.8. The predicted molar refractivity (Wildman–Crippen MR) is 102 cm³/mol. The Balaban J connectivity index is 1.69. The molecule has 0 aliphatic carbocycles. The van der Waals surface area contributed by atoms with Crippen molar-refractivity contribution in [3.8, 4) is 0 Å². The second-order valence-corrected chi connectivity index (χ2v) is 9.72. The SMILES string of the molecule is CC1CC(C)CN(S(=O)(=O)N2CCCN(C(=O)c3ccccc3F)CC2)C1. The second kappa shape index (κ2) is 8.24. The molecule has 2 atom stereocenters. The molecule has 6 nitrogen and oxygen atoms in total. The smallest absolute Gasteiger partial charge is 0.282 e. The number of carbonyl (C=O) groups excluding carboxylic acids is 1. The molecule has 0 radical (unpaired) electrons. The van der Waals surface area contributed by atoms with Gasteiger partial charge in [-0.15, -0.1) is 0 Å². The van der Waals surface area contributed by atoms with Gasteiger partial charge < -0.3 is 4.90 Å². The first-order valence-electron chi connectivity index (χ1n) is 9.58. The van der Waals surface area contributed by atoms with Crippen LogP contribution in [0, 0.1) is 17.7 Å². The Morgan fingerprint density at radius 1 is 1.00 bits per heavy atom. The highest BCUT2D eigenvalue weighted by atomic mass is 32.2. The summed E-state index contributed by atoms with van der Waals surface area (Å²) in [5.74, 6) is -0.246. The number of benzene rings is 1. The first-order valence-corrected chi connectivity index (χ1v) is 11.0. The summed E-state index contributed by atoms with van der Waals surface area (Å²) in [6, 6.07) is 5.90. The number of nitrogens with zero attached hydrogens (tertiary/aromatic N) is 3. The number of hydrogen-bond acceptors (Lipinski definition) is 3. The van der Waals surface area contributed by atoms with Crippen molar-refractivity contribution in [2.75, 3.05) is 39.3 Å². The van der Waals surface area contributed by atoms with Gasteiger partial charge in [-0.2, -0.15) is 17.0 Å². The van der Waals surface area contributed by atoms with E-state index in [4.69, 9.17) is 0 Å². The number of carbonyl (C=O) groups is 1. The standard InChI is InChI=1S/C19H28FN3O3S/c1-15-12-16(2)14-23(13-15)27(25,26)22-9-5-8-21(10-11-22)19(24)17-6-3-4-7-18(17)20/h3-4,6-7,15-16H,5,8-14H2,1-2H3. The van der Waals surface area contributed by atoms with Crippen LogP contribution in [0.1, 0.15) is 37.0 Å². The topological polar surface area (TPSA) is 60.9 Å². The molecule has 0 saturated carbocycles. The van der Waals surface area contributed by atoms with E-state index < -0.39 is 16.0 Å². The van der Waals surface area contributed by atoms with Crippen molar-refractivity contribution in [3.05, 3.63) is 35.6 Å². The first-order chi connectivity index (χ1) is 12.8. The van der Waals surface area contributed by atoms with Gasteiger partial charge in [0.1, 0.15) is 5.82 Å². The van der Waals surface area contributed by atoms with Gasteiger partial charge in [-0.1, -0.05) is 26.0 Å². The number of piperidine rings is 1. The molecule has 2 fully saturated rings. The summed E-state index contributed by atoms with van der Waals surface area (Å²) in [5, 5.41) is 0. The molecule has 0 spiro atoms. The fourth-order valence-corrected chi connectivity index (χ4v) is 5.97. The Morgan fingerprint density at radius 2 is 1.67 bits per heavy atom. The number of amides is 1. The maximum Gasteiger partial charge on any atom is 0.282 e. The Labute approximate surface area is 161 Å². The van der Waals surface area contributed by atoms with Crippen molar-refractivity contribution in [3.63, 3.8) is 0 Å². The highest BCUT2D eigenvalue weighted by Crippen LogP contribution is 2.25. The Kier molecular flexibility index (Phi) is 6.18. The van der Waals surface area contributed by atoms with Crippen LogP contribution < -0.4 is 0 Å². The lowest BCUT2D eigenvalue weighted by Crippen LogP contribution is -2.50. The maximum absolute atomic E-state index is 13.9. The van der Waals surface area contributed by atoms with E-state index in [0.29, 0.717) is 44.4 Å². The van der Waals surface area contributed by atoms with E-state index in [1.807, 2.05) is 0 Å². The van der Waals surface area contributed by atoms with Gasteiger partial charge in [0.15, 0.2) is 0 Å². The number of rotatable bonds is 3. The van der Waals surface area contributed by atoms with Gasteiger partial charge in [0.2, 0.25) is 0 Å². The summed E-state index contributed by atoms with van der Waals surface area (Å²) >= 11 is 0. The third-order valence-corrected chi connectivity index (χ3v) is 7.30. The van der Waals surface area contributed by atoms with Crippen LogP contribution in [0.2, 0.25) is 0 Å². The lowest BCUT2D eigenvalue weighted by atomic mass is 9.94. The van der Waals surface area contributed by atoms with Gasteiger partial charge in [0.05, 0.1) is 5.56 Å². The van der Waals surface area contributed by atoms with Gasteiger partial charge in [0.25, 0.3) is 16.1 Å². The summed E-state index contributed by atoms with van der Waals surface area (Å²) in [6.45, 7) is 6.55. The summed E-state index contributed by atoms with van der Waals surface area (Å²) in [5.41, 5.74) is 0.0347. The van der Waals surface area contributed by atoms with Crippen LogP contribution in [0.3, 0.4) is 0 Å². The van der Waals surface area contributed by atoms with Gasteiger partial charge in [-0.3, -0.25) is 4.79 Å². The Morgan fingerprint density at radius 3 is 2.33 bits per heavy atom. The second-order valence-electron chi connectivity index (χ2n) is 7.80. The molecule has 0 aromatic heterocycles. The van der Waals surface area contributed by atoms with E-state index in [9.17, 15) is 17.6 Å². The lowest BCUT2D eigenvalue weighted by Gasteiger charge is -2.37. The third-order valence-electron chi connectivity index (χ3n) is 5.33. The Bertz CT molecular complexity index is 776. The quantitative estimate of drug-likeness (QED) is 0.786. The average molecular weight is 398 g/mol. The van der Waals surface area contributed by atoms with Crippen LogP contribution in [0.4, 0.5) is 4.39 Å². The average Bonchev–Trinajstić information content (AvgIpc) is 2.87. The van der Waals surface area contributed by atoms with Crippen LogP contribution in [0.5, 0.6) is 0 Å². The monoisotopic (exact) mass is 397 g/mol.